The van der Waals surface area contributed by atoms with E-state index in [0.717, 1.165) is 67.2 Å². The Morgan fingerprint density at radius 2 is 1.85 bits per heavy atom. The van der Waals surface area contributed by atoms with Crippen LogP contribution in [0.25, 0.3) is 11.3 Å². The molecule has 6 rings (SSSR count). The smallest absolute Gasteiger partial charge is 0.179 e. The van der Waals surface area contributed by atoms with Gasteiger partial charge >= 0.3 is 0 Å². The molecule has 176 valence electrons. The molecule has 4 N–H and O–H groups in total. The van der Waals surface area contributed by atoms with Crippen molar-refractivity contribution in [3.05, 3.63) is 43.1 Å². The third-order valence-electron chi connectivity index (χ3n) is 6.32. The maximum Gasteiger partial charge on any atom is 0.179 e. The number of imidazole rings is 1. The van der Waals surface area contributed by atoms with Gasteiger partial charge in [0.15, 0.2) is 11.5 Å². The number of hydrogen-bond donors (Lipinski definition) is 3. The summed E-state index contributed by atoms with van der Waals surface area (Å²) in [5.41, 5.74) is 9.48. The molecule has 0 bridgehead atoms. The zero-order valence-corrected chi connectivity index (χ0v) is 19.1. The highest BCUT2D eigenvalue weighted by atomic mass is 16.5. The summed E-state index contributed by atoms with van der Waals surface area (Å²) in [6, 6.07) is 8.46. The van der Waals surface area contributed by atoms with E-state index in [1.54, 1.807) is 23.4 Å². The number of rotatable bonds is 7. The van der Waals surface area contributed by atoms with E-state index < -0.39 is 0 Å². The predicted molar refractivity (Wildman–Crippen MR) is 130 cm³/mol. The van der Waals surface area contributed by atoms with Gasteiger partial charge < -0.3 is 26.0 Å². The first-order chi connectivity index (χ1) is 16.6. The Morgan fingerprint density at radius 3 is 2.62 bits per heavy atom. The summed E-state index contributed by atoms with van der Waals surface area (Å²) >= 11 is 0. The van der Waals surface area contributed by atoms with Crippen molar-refractivity contribution in [1.29, 1.82) is 0 Å². The Labute approximate surface area is 196 Å². The summed E-state index contributed by atoms with van der Waals surface area (Å²) in [7, 11) is 2.15. The van der Waals surface area contributed by atoms with Gasteiger partial charge in [-0.3, -0.25) is 4.57 Å². The molecule has 4 aromatic rings. The molecule has 2 fully saturated rings. The lowest BCUT2D eigenvalue weighted by Crippen LogP contribution is -2.35. The molecule has 0 amide bonds. The normalized spacial score (nSPS) is 17.2. The van der Waals surface area contributed by atoms with E-state index in [1.165, 1.54) is 0 Å². The Kier molecular flexibility index (Phi) is 5.17. The zero-order chi connectivity index (χ0) is 23.1. The Balaban J connectivity index is 1.30. The van der Waals surface area contributed by atoms with E-state index in [-0.39, 0.29) is 6.10 Å². The number of piperidine rings is 1. The van der Waals surface area contributed by atoms with Crippen LogP contribution < -0.4 is 21.1 Å². The molecular formula is C23H28N10O. The molecule has 1 aliphatic carbocycles. The van der Waals surface area contributed by atoms with Crippen LogP contribution in [0.5, 0.6) is 5.75 Å². The fraction of sp³-hybridized carbons (Fsp3) is 0.391. The minimum atomic E-state index is 0.189. The number of anilines is 4. The van der Waals surface area contributed by atoms with E-state index in [9.17, 15) is 0 Å². The summed E-state index contributed by atoms with van der Waals surface area (Å²) in [5.74, 6) is 1.96. The van der Waals surface area contributed by atoms with Crippen LogP contribution in [0, 0.1) is 0 Å². The molecule has 0 unspecified atom stereocenters. The van der Waals surface area contributed by atoms with Gasteiger partial charge in [-0.1, -0.05) is 0 Å². The van der Waals surface area contributed by atoms with Gasteiger partial charge in [-0.2, -0.15) is 4.52 Å². The predicted octanol–water partition coefficient (Wildman–Crippen LogP) is 2.68. The van der Waals surface area contributed by atoms with Gasteiger partial charge in [0, 0.05) is 30.9 Å². The first-order valence-electron chi connectivity index (χ1n) is 11.6. The fourth-order valence-corrected chi connectivity index (χ4v) is 4.25. The Morgan fingerprint density at radius 1 is 1.06 bits per heavy atom. The molecule has 0 spiro atoms. The highest BCUT2D eigenvalue weighted by molar-refractivity contribution is 5.75. The van der Waals surface area contributed by atoms with Crippen molar-refractivity contribution >= 4 is 28.7 Å². The third kappa shape index (κ3) is 4.21. The van der Waals surface area contributed by atoms with Crippen LogP contribution >= 0.6 is 0 Å². The summed E-state index contributed by atoms with van der Waals surface area (Å²) in [5, 5.41) is 19.5. The number of nitrogens with one attached hydrogen (secondary N) is 2. The van der Waals surface area contributed by atoms with Crippen molar-refractivity contribution in [1.82, 2.24) is 34.3 Å². The van der Waals surface area contributed by atoms with Gasteiger partial charge in [-0.15, -0.1) is 15.3 Å². The second-order valence-corrected chi connectivity index (χ2v) is 9.08. The number of likely N-dealkylation sites (tertiary alicyclic amines) is 1. The molecule has 34 heavy (non-hydrogen) atoms. The molecule has 4 heterocycles. The number of benzene rings is 1. The zero-order valence-electron chi connectivity index (χ0n) is 19.1. The van der Waals surface area contributed by atoms with E-state index >= 15 is 0 Å². The molecule has 0 radical (unpaired) electrons. The van der Waals surface area contributed by atoms with Crippen LogP contribution in [-0.2, 0) is 0 Å². The lowest BCUT2D eigenvalue weighted by Gasteiger charge is -2.30. The van der Waals surface area contributed by atoms with Crippen LogP contribution in [0.15, 0.2) is 43.1 Å². The second kappa shape index (κ2) is 8.49. The summed E-state index contributed by atoms with van der Waals surface area (Å²) in [6.45, 7) is 2.07. The van der Waals surface area contributed by atoms with Gasteiger partial charge in [0.25, 0.3) is 0 Å². The van der Waals surface area contributed by atoms with Gasteiger partial charge in [0.05, 0.1) is 17.6 Å². The van der Waals surface area contributed by atoms with Crippen molar-refractivity contribution in [3.63, 3.8) is 0 Å². The van der Waals surface area contributed by atoms with Crippen LogP contribution in [-0.4, -0.2) is 66.5 Å². The Bertz CT molecular complexity index is 1290. The van der Waals surface area contributed by atoms with Crippen molar-refractivity contribution in [2.75, 3.05) is 36.5 Å². The number of fused-ring (bicyclic) bond motifs is 1. The Hall–Kier alpha value is -3.86. The van der Waals surface area contributed by atoms with Crippen LogP contribution in [0.2, 0.25) is 0 Å². The molecule has 2 aliphatic rings. The second-order valence-electron chi connectivity index (χ2n) is 9.08. The average Bonchev–Trinajstić information content (AvgIpc) is 3.33. The summed E-state index contributed by atoms with van der Waals surface area (Å²) in [4.78, 5) is 6.75. The lowest BCUT2D eigenvalue weighted by atomic mass is 10.1. The minimum absolute atomic E-state index is 0.189. The largest absolute Gasteiger partial charge is 0.488 e. The molecule has 11 heteroatoms. The van der Waals surface area contributed by atoms with Gasteiger partial charge in [0.1, 0.15) is 30.3 Å². The molecule has 11 nitrogen and oxygen atoms in total. The molecule has 1 aliphatic heterocycles. The molecule has 0 atom stereocenters. The summed E-state index contributed by atoms with van der Waals surface area (Å²) < 4.78 is 9.93. The highest BCUT2D eigenvalue weighted by Gasteiger charge is 2.23. The molecule has 1 aromatic carbocycles. The first kappa shape index (κ1) is 20.7. The number of nitrogen functional groups attached to an aromatic ring is 1. The van der Waals surface area contributed by atoms with Crippen LogP contribution in [0.3, 0.4) is 0 Å². The van der Waals surface area contributed by atoms with Crippen molar-refractivity contribution in [3.8, 4) is 11.4 Å². The topological polar surface area (TPSA) is 123 Å². The number of hydrogen-bond acceptors (Lipinski definition) is 9. The highest BCUT2D eigenvalue weighted by Crippen LogP contribution is 2.32. The monoisotopic (exact) mass is 460 g/mol. The molecule has 1 saturated heterocycles. The molecule has 3 aromatic heterocycles. The van der Waals surface area contributed by atoms with E-state index in [4.69, 9.17) is 10.5 Å². The summed E-state index contributed by atoms with van der Waals surface area (Å²) in [6.07, 6.45) is 9.50. The number of aromatic nitrogens is 6. The average molecular weight is 461 g/mol. The first-order valence-corrected chi connectivity index (χ1v) is 11.6. The van der Waals surface area contributed by atoms with E-state index in [1.807, 2.05) is 28.8 Å². The fourth-order valence-electron chi connectivity index (χ4n) is 4.25. The number of ether oxygens (including phenoxy) is 1. The van der Waals surface area contributed by atoms with E-state index in [2.05, 4.69) is 42.9 Å². The quantitative estimate of drug-likeness (QED) is 0.382. The van der Waals surface area contributed by atoms with Crippen molar-refractivity contribution < 1.29 is 4.74 Å². The van der Waals surface area contributed by atoms with Crippen molar-refractivity contribution in [2.24, 2.45) is 0 Å². The maximum atomic E-state index is 6.41. The van der Waals surface area contributed by atoms with Gasteiger partial charge in [0.2, 0.25) is 0 Å². The van der Waals surface area contributed by atoms with Gasteiger partial charge in [-0.25, -0.2) is 4.98 Å². The molecular weight excluding hydrogens is 432 g/mol. The molecule has 1 saturated carbocycles. The number of nitrogens with zero attached hydrogens (tertiary/aromatic N) is 7. The minimum Gasteiger partial charge on any atom is -0.488 e. The maximum absolute atomic E-state index is 6.41. The lowest BCUT2D eigenvalue weighted by molar-refractivity contribution is 0.114. The van der Waals surface area contributed by atoms with E-state index in [0.29, 0.717) is 17.7 Å². The third-order valence-corrected chi connectivity index (χ3v) is 6.32. The van der Waals surface area contributed by atoms with Crippen LogP contribution in [0.4, 0.5) is 23.0 Å². The number of nitrogens with two attached hydrogens (primary N) is 1. The van der Waals surface area contributed by atoms with Gasteiger partial charge in [-0.05, 0) is 50.9 Å². The standard InChI is InChI=1S/C23H28N10O/c1-31-8-6-17(7-9-31)34-20-5-4-16(10-19(20)32-13-26-27-14-32)29-22-11-18(28-15-2-3-15)23-25-12-21(24)33(23)30-22/h4-5,10-15,17,28H,2-3,6-9,24H2,1H3,(H,29,30). The van der Waals surface area contributed by atoms with Crippen molar-refractivity contribution in [2.45, 2.75) is 37.8 Å². The van der Waals surface area contributed by atoms with Crippen LogP contribution in [0.1, 0.15) is 25.7 Å². The SMILES string of the molecule is CN1CCC(Oc2ccc(Nc3cc(NC4CC4)c4ncc(N)n4n3)cc2-n2cnnc2)CC1.